The van der Waals surface area contributed by atoms with Crippen molar-refractivity contribution in [2.45, 2.75) is 39.2 Å². The Labute approximate surface area is 103 Å². The molecule has 0 bridgehead atoms. The summed E-state index contributed by atoms with van der Waals surface area (Å²) in [6.07, 6.45) is 5.20. The summed E-state index contributed by atoms with van der Waals surface area (Å²) in [5.41, 5.74) is 0. The Morgan fingerprint density at radius 3 is 2.88 bits per heavy atom. The van der Waals surface area contributed by atoms with E-state index in [9.17, 15) is 0 Å². The van der Waals surface area contributed by atoms with Gasteiger partial charge in [-0.25, -0.2) is 0 Å². The third-order valence-corrected chi connectivity index (χ3v) is 3.71. The fourth-order valence-corrected chi connectivity index (χ4v) is 2.56. The van der Waals surface area contributed by atoms with Gasteiger partial charge in [0.05, 0.1) is 6.26 Å². The van der Waals surface area contributed by atoms with Crippen LogP contribution in [-0.2, 0) is 6.42 Å². The lowest BCUT2D eigenvalue weighted by Gasteiger charge is -2.16. The molecule has 92 valence electrons. The van der Waals surface area contributed by atoms with E-state index in [2.05, 4.69) is 25.2 Å². The van der Waals surface area contributed by atoms with E-state index in [1.165, 1.54) is 24.3 Å². The summed E-state index contributed by atoms with van der Waals surface area (Å²) < 4.78 is 5.40. The lowest BCUT2D eigenvalue weighted by molar-refractivity contribution is 0.460. The van der Waals surface area contributed by atoms with Crippen LogP contribution in [0.2, 0.25) is 0 Å². The van der Waals surface area contributed by atoms with Gasteiger partial charge in [-0.15, -0.1) is 0 Å². The van der Waals surface area contributed by atoms with Gasteiger partial charge >= 0.3 is 0 Å². The SMILES string of the molecule is CCCNC(CSCCC)Cc1ccco1. The Morgan fingerprint density at radius 1 is 1.38 bits per heavy atom. The molecule has 0 spiro atoms. The second-order valence-electron chi connectivity index (χ2n) is 4.01. The van der Waals surface area contributed by atoms with Crippen LogP contribution in [-0.4, -0.2) is 24.1 Å². The van der Waals surface area contributed by atoms with Crippen LogP contribution in [0.3, 0.4) is 0 Å². The molecule has 3 heteroatoms. The summed E-state index contributed by atoms with van der Waals surface area (Å²) in [5.74, 6) is 3.52. The average Bonchev–Trinajstić information content (AvgIpc) is 2.78. The summed E-state index contributed by atoms with van der Waals surface area (Å²) in [5, 5.41) is 3.59. The second-order valence-corrected chi connectivity index (χ2v) is 5.16. The van der Waals surface area contributed by atoms with E-state index in [4.69, 9.17) is 4.42 Å². The van der Waals surface area contributed by atoms with Crippen LogP contribution >= 0.6 is 11.8 Å². The topological polar surface area (TPSA) is 25.2 Å². The zero-order chi connectivity index (χ0) is 11.6. The largest absolute Gasteiger partial charge is 0.469 e. The van der Waals surface area contributed by atoms with Crippen molar-refractivity contribution >= 4 is 11.8 Å². The first kappa shape index (κ1) is 13.7. The maximum absolute atomic E-state index is 5.40. The fourth-order valence-electron chi connectivity index (χ4n) is 1.58. The number of furan rings is 1. The van der Waals surface area contributed by atoms with E-state index in [0.717, 1.165) is 18.7 Å². The monoisotopic (exact) mass is 241 g/mol. The molecule has 0 saturated carbocycles. The minimum Gasteiger partial charge on any atom is -0.469 e. The van der Waals surface area contributed by atoms with Crippen molar-refractivity contribution in [2.75, 3.05) is 18.1 Å². The molecule has 0 aliphatic heterocycles. The highest BCUT2D eigenvalue weighted by Gasteiger charge is 2.10. The second kappa shape index (κ2) is 8.71. The van der Waals surface area contributed by atoms with Crippen molar-refractivity contribution in [1.82, 2.24) is 5.32 Å². The molecule has 0 aliphatic rings. The van der Waals surface area contributed by atoms with Gasteiger partial charge in [0, 0.05) is 18.2 Å². The molecule has 2 nitrogen and oxygen atoms in total. The Kier molecular flexibility index (Phi) is 7.43. The predicted molar refractivity (Wildman–Crippen MR) is 72.1 cm³/mol. The maximum atomic E-state index is 5.40. The van der Waals surface area contributed by atoms with Gasteiger partial charge < -0.3 is 9.73 Å². The molecule has 0 radical (unpaired) electrons. The Morgan fingerprint density at radius 2 is 2.25 bits per heavy atom. The average molecular weight is 241 g/mol. The lowest BCUT2D eigenvalue weighted by Crippen LogP contribution is -2.34. The molecule has 0 aromatic carbocycles. The molecule has 1 heterocycles. The van der Waals surface area contributed by atoms with E-state index in [0.29, 0.717) is 6.04 Å². The van der Waals surface area contributed by atoms with Gasteiger partial charge in [-0.2, -0.15) is 11.8 Å². The van der Waals surface area contributed by atoms with Gasteiger partial charge in [0.25, 0.3) is 0 Å². The summed E-state index contributed by atoms with van der Waals surface area (Å²) >= 11 is 2.03. The number of thioether (sulfide) groups is 1. The maximum Gasteiger partial charge on any atom is 0.105 e. The summed E-state index contributed by atoms with van der Waals surface area (Å²) in [7, 11) is 0. The molecule has 1 unspecified atom stereocenters. The zero-order valence-electron chi connectivity index (χ0n) is 10.4. The molecular weight excluding hydrogens is 218 g/mol. The number of hydrogen-bond acceptors (Lipinski definition) is 3. The van der Waals surface area contributed by atoms with Gasteiger partial charge in [0.15, 0.2) is 0 Å². The van der Waals surface area contributed by atoms with Gasteiger partial charge in [-0.05, 0) is 37.3 Å². The van der Waals surface area contributed by atoms with Crippen LogP contribution < -0.4 is 5.32 Å². The van der Waals surface area contributed by atoms with Crippen LogP contribution in [0.1, 0.15) is 32.4 Å². The third kappa shape index (κ3) is 5.61. The molecule has 0 saturated heterocycles. The van der Waals surface area contributed by atoms with Gasteiger partial charge in [-0.1, -0.05) is 13.8 Å². The first-order valence-electron chi connectivity index (χ1n) is 6.20. The van der Waals surface area contributed by atoms with Gasteiger partial charge in [0.1, 0.15) is 5.76 Å². The normalized spacial score (nSPS) is 12.9. The van der Waals surface area contributed by atoms with E-state index >= 15 is 0 Å². The van der Waals surface area contributed by atoms with Crippen molar-refractivity contribution in [2.24, 2.45) is 0 Å². The highest BCUT2D eigenvalue weighted by atomic mass is 32.2. The van der Waals surface area contributed by atoms with E-state index < -0.39 is 0 Å². The highest BCUT2D eigenvalue weighted by Crippen LogP contribution is 2.10. The molecule has 0 amide bonds. The van der Waals surface area contributed by atoms with Crippen LogP contribution in [0.4, 0.5) is 0 Å². The first-order valence-corrected chi connectivity index (χ1v) is 7.35. The Hall–Kier alpha value is -0.410. The van der Waals surface area contributed by atoms with Crippen LogP contribution in [0.15, 0.2) is 22.8 Å². The smallest absolute Gasteiger partial charge is 0.105 e. The fraction of sp³-hybridized carbons (Fsp3) is 0.692. The molecule has 1 rings (SSSR count). The van der Waals surface area contributed by atoms with E-state index in [-0.39, 0.29) is 0 Å². The molecule has 0 aliphatic carbocycles. The predicted octanol–water partition coefficient (Wildman–Crippen LogP) is 3.33. The van der Waals surface area contributed by atoms with E-state index in [1.54, 1.807) is 6.26 Å². The molecule has 0 fully saturated rings. The first-order chi connectivity index (χ1) is 7.86. The molecule has 1 aromatic heterocycles. The lowest BCUT2D eigenvalue weighted by atomic mass is 10.2. The number of rotatable bonds is 9. The van der Waals surface area contributed by atoms with Crippen LogP contribution in [0, 0.1) is 0 Å². The summed E-state index contributed by atoms with van der Waals surface area (Å²) in [6.45, 7) is 5.53. The Bertz CT molecular complexity index is 248. The van der Waals surface area contributed by atoms with Crippen molar-refractivity contribution in [3.8, 4) is 0 Å². The van der Waals surface area contributed by atoms with Crippen molar-refractivity contribution in [1.29, 1.82) is 0 Å². The molecule has 1 aromatic rings. The molecule has 1 N–H and O–H groups in total. The highest BCUT2D eigenvalue weighted by molar-refractivity contribution is 7.99. The number of hydrogen-bond donors (Lipinski definition) is 1. The van der Waals surface area contributed by atoms with Crippen molar-refractivity contribution in [3.05, 3.63) is 24.2 Å². The van der Waals surface area contributed by atoms with Crippen LogP contribution in [0.5, 0.6) is 0 Å². The van der Waals surface area contributed by atoms with Crippen molar-refractivity contribution < 1.29 is 4.42 Å². The third-order valence-electron chi connectivity index (χ3n) is 2.38. The minimum absolute atomic E-state index is 0.544. The zero-order valence-corrected chi connectivity index (χ0v) is 11.2. The van der Waals surface area contributed by atoms with E-state index in [1.807, 2.05) is 17.8 Å². The molecular formula is C13H23NOS. The number of nitrogens with one attached hydrogen (secondary N) is 1. The molecule has 16 heavy (non-hydrogen) atoms. The quantitative estimate of drug-likeness (QED) is 0.671. The van der Waals surface area contributed by atoms with Gasteiger partial charge in [0.2, 0.25) is 0 Å². The van der Waals surface area contributed by atoms with Gasteiger partial charge in [-0.3, -0.25) is 0 Å². The summed E-state index contributed by atoms with van der Waals surface area (Å²) in [4.78, 5) is 0. The van der Waals surface area contributed by atoms with Crippen LogP contribution in [0.25, 0.3) is 0 Å². The summed E-state index contributed by atoms with van der Waals surface area (Å²) in [6, 6.07) is 4.57. The standard InChI is InChI=1S/C13H23NOS/c1-3-7-14-12(11-16-9-4-2)10-13-6-5-8-15-13/h5-6,8,12,14H,3-4,7,9-11H2,1-2H3. The molecule has 1 atom stereocenters. The minimum atomic E-state index is 0.544. The van der Waals surface area contributed by atoms with Crippen molar-refractivity contribution in [3.63, 3.8) is 0 Å². The Balaban J connectivity index is 2.31.